The zero-order chi connectivity index (χ0) is 10.9. The molecule has 0 saturated heterocycles. The summed E-state index contributed by atoms with van der Waals surface area (Å²) >= 11 is 0. The van der Waals surface area contributed by atoms with Crippen LogP contribution in [0.4, 0.5) is 0 Å². The number of rotatable bonds is 0. The smallest absolute Gasteiger partial charge is 0.0219 e. The average Bonchev–Trinajstić information content (AvgIpc) is 2.18. The molecular weight excluding hydrogens is 182 g/mol. The molecule has 15 heavy (non-hydrogen) atoms. The van der Waals surface area contributed by atoms with Crippen LogP contribution in [-0.2, 0) is 0 Å². The minimum atomic E-state index is 0.469. The number of hydrogen-bond acceptors (Lipinski definition) is 1. The molecule has 0 unspecified atom stereocenters. The van der Waals surface area contributed by atoms with Crippen LogP contribution in [0, 0.1) is 11.3 Å². The van der Waals surface area contributed by atoms with Gasteiger partial charge in [-0.15, -0.1) is 0 Å². The molecule has 2 rings (SSSR count). The Hall–Kier alpha value is -0.300. The standard InChI is InChI=1S/C14H25N/c1-13(2,3)12-6-9-14(10-7-12)8-4-5-11-15-14/h4-5,12,15H,6-11H2,1-3H3. The van der Waals surface area contributed by atoms with Crippen LogP contribution in [0.3, 0.4) is 0 Å². The van der Waals surface area contributed by atoms with Crippen LogP contribution < -0.4 is 5.32 Å². The van der Waals surface area contributed by atoms with E-state index in [1.54, 1.807) is 0 Å². The summed E-state index contributed by atoms with van der Waals surface area (Å²) in [5.41, 5.74) is 0.975. The summed E-state index contributed by atoms with van der Waals surface area (Å²) in [4.78, 5) is 0. The first-order valence-corrected chi connectivity index (χ1v) is 6.42. The summed E-state index contributed by atoms with van der Waals surface area (Å²) in [5, 5.41) is 3.72. The van der Waals surface area contributed by atoms with Crippen molar-refractivity contribution >= 4 is 0 Å². The third-order valence-corrected chi connectivity index (χ3v) is 4.44. The molecule has 1 heteroatoms. The SMILES string of the molecule is CC(C)(C)C1CCC2(CC=CCN2)CC1. The van der Waals surface area contributed by atoms with Gasteiger partial charge in [-0.3, -0.25) is 0 Å². The highest BCUT2D eigenvalue weighted by Gasteiger charge is 2.38. The molecule has 0 atom stereocenters. The van der Waals surface area contributed by atoms with Gasteiger partial charge < -0.3 is 5.32 Å². The molecular formula is C14H25N. The maximum absolute atomic E-state index is 3.72. The van der Waals surface area contributed by atoms with Crippen molar-refractivity contribution in [2.24, 2.45) is 11.3 Å². The Morgan fingerprint density at radius 2 is 1.80 bits per heavy atom. The first-order chi connectivity index (χ1) is 7.02. The fourth-order valence-corrected chi connectivity index (χ4v) is 3.16. The summed E-state index contributed by atoms with van der Waals surface area (Å²) in [6.45, 7) is 8.26. The van der Waals surface area contributed by atoms with Crippen LogP contribution in [0.15, 0.2) is 12.2 Å². The lowest BCUT2D eigenvalue weighted by atomic mass is 9.66. The third kappa shape index (κ3) is 2.44. The lowest BCUT2D eigenvalue weighted by Gasteiger charge is -2.45. The van der Waals surface area contributed by atoms with E-state index in [-0.39, 0.29) is 0 Å². The molecule has 1 N–H and O–H groups in total. The monoisotopic (exact) mass is 207 g/mol. The van der Waals surface area contributed by atoms with Gasteiger partial charge in [-0.2, -0.15) is 0 Å². The largest absolute Gasteiger partial charge is 0.307 e. The minimum Gasteiger partial charge on any atom is -0.307 e. The summed E-state index contributed by atoms with van der Waals surface area (Å²) < 4.78 is 0. The molecule has 1 aliphatic heterocycles. The van der Waals surface area contributed by atoms with Crippen molar-refractivity contribution < 1.29 is 0 Å². The van der Waals surface area contributed by atoms with E-state index in [4.69, 9.17) is 0 Å². The minimum absolute atomic E-state index is 0.469. The molecule has 0 bridgehead atoms. The number of hydrogen-bond donors (Lipinski definition) is 1. The molecule has 0 aromatic rings. The number of nitrogens with one attached hydrogen (secondary N) is 1. The van der Waals surface area contributed by atoms with Crippen LogP contribution >= 0.6 is 0 Å². The van der Waals surface area contributed by atoms with Crippen LogP contribution in [0.1, 0.15) is 52.9 Å². The molecule has 1 heterocycles. The fourth-order valence-electron chi connectivity index (χ4n) is 3.16. The van der Waals surface area contributed by atoms with Gasteiger partial charge in [0.1, 0.15) is 0 Å². The van der Waals surface area contributed by atoms with Crippen molar-refractivity contribution in [1.82, 2.24) is 5.32 Å². The zero-order valence-electron chi connectivity index (χ0n) is 10.5. The molecule has 2 aliphatic rings. The van der Waals surface area contributed by atoms with Crippen molar-refractivity contribution in [3.63, 3.8) is 0 Å². The average molecular weight is 207 g/mol. The van der Waals surface area contributed by atoms with Gasteiger partial charge in [-0.05, 0) is 43.4 Å². The van der Waals surface area contributed by atoms with Gasteiger partial charge in [-0.1, -0.05) is 32.9 Å². The van der Waals surface area contributed by atoms with E-state index < -0.39 is 0 Å². The predicted octanol–water partition coefficient (Wildman–Crippen LogP) is 3.51. The molecule has 0 radical (unpaired) electrons. The zero-order valence-corrected chi connectivity index (χ0v) is 10.5. The maximum atomic E-state index is 3.72. The van der Waals surface area contributed by atoms with Crippen LogP contribution in [0.5, 0.6) is 0 Å². The fraction of sp³-hybridized carbons (Fsp3) is 0.857. The molecule has 0 aromatic carbocycles. The topological polar surface area (TPSA) is 12.0 Å². The van der Waals surface area contributed by atoms with Crippen molar-refractivity contribution in [2.45, 2.75) is 58.4 Å². The molecule has 86 valence electrons. The van der Waals surface area contributed by atoms with E-state index in [2.05, 4.69) is 38.2 Å². The second-order valence-corrected chi connectivity index (χ2v) is 6.48. The highest BCUT2D eigenvalue weighted by molar-refractivity contribution is 5.05. The Balaban J connectivity index is 1.94. The maximum Gasteiger partial charge on any atom is 0.0219 e. The highest BCUT2D eigenvalue weighted by atomic mass is 15.0. The van der Waals surface area contributed by atoms with E-state index in [0.29, 0.717) is 11.0 Å². The summed E-state index contributed by atoms with van der Waals surface area (Å²) in [7, 11) is 0. The second kappa shape index (κ2) is 3.93. The summed E-state index contributed by atoms with van der Waals surface area (Å²) in [5.74, 6) is 0.927. The molecule has 1 spiro atoms. The van der Waals surface area contributed by atoms with Crippen molar-refractivity contribution in [3.8, 4) is 0 Å². The first-order valence-electron chi connectivity index (χ1n) is 6.42. The summed E-state index contributed by atoms with van der Waals surface area (Å²) in [6, 6.07) is 0. The van der Waals surface area contributed by atoms with Gasteiger partial charge in [0.05, 0.1) is 0 Å². The Morgan fingerprint density at radius 1 is 1.13 bits per heavy atom. The van der Waals surface area contributed by atoms with Crippen molar-refractivity contribution in [1.29, 1.82) is 0 Å². The van der Waals surface area contributed by atoms with Crippen LogP contribution in [0.2, 0.25) is 0 Å². The molecule has 1 fully saturated rings. The Labute approximate surface area is 94.3 Å². The van der Waals surface area contributed by atoms with Crippen molar-refractivity contribution in [3.05, 3.63) is 12.2 Å². The molecule has 1 aliphatic carbocycles. The molecule has 1 nitrogen and oxygen atoms in total. The van der Waals surface area contributed by atoms with E-state index in [1.807, 2.05) is 0 Å². The summed E-state index contributed by atoms with van der Waals surface area (Å²) in [6.07, 6.45) is 11.5. The lowest BCUT2D eigenvalue weighted by molar-refractivity contribution is 0.115. The van der Waals surface area contributed by atoms with Gasteiger partial charge in [0.25, 0.3) is 0 Å². The van der Waals surface area contributed by atoms with Gasteiger partial charge in [0, 0.05) is 12.1 Å². The van der Waals surface area contributed by atoms with Gasteiger partial charge in [0.15, 0.2) is 0 Å². The van der Waals surface area contributed by atoms with Crippen LogP contribution in [-0.4, -0.2) is 12.1 Å². The third-order valence-electron chi connectivity index (χ3n) is 4.44. The molecule has 0 aromatic heterocycles. The van der Waals surface area contributed by atoms with E-state index in [0.717, 1.165) is 12.5 Å². The Kier molecular flexibility index (Phi) is 2.94. The second-order valence-electron chi connectivity index (χ2n) is 6.48. The van der Waals surface area contributed by atoms with Gasteiger partial charge >= 0.3 is 0 Å². The lowest BCUT2D eigenvalue weighted by Crippen LogP contribution is -2.50. The van der Waals surface area contributed by atoms with Crippen molar-refractivity contribution in [2.75, 3.05) is 6.54 Å². The molecule has 1 saturated carbocycles. The van der Waals surface area contributed by atoms with E-state index in [9.17, 15) is 0 Å². The molecule has 0 amide bonds. The first kappa shape index (κ1) is 11.2. The highest BCUT2D eigenvalue weighted by Crippen LogP contribution is 2.43. The van der Waals surface area contributed by atoms with Gasteiger partial charge in [0.2, 0.25) is 0 Å². The quantitative estimate of drug-likeness (QED) is 0.599. The predicted molar refractivity (Wildman–Crippen MR) is 65.9 cm³/mol. The van der Waals surface area contributed by atoms with E-state index in [1.165, 1.54) is 32.1 Å². The Morgan fingerprint density at radius 3 is 2.27 bits per heavy atom. The van der Waals surface area contributed by atoms with Crippen LogP contribution in [0.25, 0.3) is 0 Å². The van der Waals surface area contributed by atoms with E-state index >= 15 is 0 Å². The Bertz CT molecular complexity index is 239. The van der Waals surface area contributed by atoms with Gasteiger partial charge in [-0.25, -0.2) is 0 Å². The normalized spacial score (nSPS) is 37.1.